The minimum Gasteiger partial charge on any atom is -0.451 e. The first-order valence-electron chi connectivity index (χ1n) is 7.26. The topological polar surface area (TPSA) is 77.2 Å². The number of nitrogens with one attached hydrogen (secondary N) is 1. The van der Waals surface area contributed by atoms with Crippen molar-refractivity contribution in [3.05, 3.63) is 30.6 Å². The lowest BCUT2D eigenvalue weighted by Gasteiger charge is -2.11. The maximum atomic E-state index is 12.1. The monoisotopic (exact) mass is 331 g/mol. The van der Waals surface area contributed by atoms with E-state index < -0.39 is 0 Å². The Morgan fingerprint density at radius 2 is 2.22 bits per heavy atom. The van der Waals surface area contributed by atoms with Crippen LogP contribution in [-0.2, 0) is 9.53 Å². The zero-order chi connectivity index (χ0) is 16.2. The number of carbonyl (C=O) groups is 1. The number of carbonyl (C=O) groups excluding carboxylic acids is 1. The Bertz CT molecular complexity index is 834. The Hall–Kier alpha value is -2.12. The van der Waals surface area contributed by atoms with Crippen molar-refractivity contribution in [2.75, 3.05) is 20.3 Å². The van der Waals surface area contributed by atoms with Gasteiger partial charge in [-0.05, 0) is 19.1 Å². The molecule has 2 aromatic heterocycles. The molecule has 0 spiro atoms. The van der Waals surface area contributed by atoms with Gasteiger partial charge in [-0.3, -0.25) is 4.79 Å². The van der Waals surface area contributed by atoms with Crippen LogP contribution < -0.4 is 5.32 Å². The van der Waals surface area contributed by atoms with Gasteiger partial charge in [0.25, 0.3) is 0 Å². The molecule has 0 fully saturated rings. The molecule has 0 radical (unpaired) electrons. The van der Waals surface area contributed by atoms with E-state index in [-0.39, 0.29) is 11.2 Å². The molecule has 0 bridgehead atoms. The van der Waals surface area contributed by atoms with E-state index in [0.717, 1.165) is 16.5 Å². The van der Waals surface area contributed by atoms with Gasteiger partial charge in [0.1, 0.15) is 22.5 Å². The van der Waals surface area contributed by atoms with Crippen LogP contribution in [0, 0.1) is 0 Å². The average Bonchev–Trinajstić information content (AvgIpc) is 2.95. The van der Waals surface area contributed by atoms with Gasteiger partial charge in [0.05, 0.1) is 11.9 Å². The number of para-hydroxylation sites is 1. The summed E-state index contributed by atoms with van der Waals surface area (Å²) in [5.41, 5.74) is 2.15. The van der Waals surface area contributed by atoms with Gasteiger partial charge in [-0.1, -0.05) is 23.9 Å². The molecule has 7 heteroatoms. The summed E-state index contributed by atoms with van der Waals surface area (Å²) in [5.74, 6) is -0.0603. The number of amides is 1. The van der Waals surface area contributed by atoms with Gasteiger partial charge >= 0.3 is 0 Å². The van der Waals surface area contributed by atoms with Crippen molar-refractivity contribution >= 4 is 39.7 Å². The van der Waals surface area contributed by atoms with Crippen molar-refractivity contribution in [2.45, 2.75) is 17.2 Å². The normalized spacial score (nSPS) is 12.6. The number of furan rings is 1. The van der Waals surface area contributed by atoms with E-state index in [0.29, 0.717) is 23.8 Å². The van der Waals surface area contributed by atoms with Gasteiger partial charge in [-0.2, -0.15) is 0 Å². The summed E-state index contributed by atoms with van der Waals surface area (Å²) in [6, 6.07) is 7.71. The third-order valence-electron chi connectivity index (χ3n) is 3.39. The summed E-state index contributed by atoms with van der Waals surface area (Å²) >= 11 is 1.36. The van der Waals surface area contributed by atoms with Crippen molar-refractivity contribution in [2.24, 2.45) is 0 Å². The average molecular weight is 331 g/mol. The number of benzene rings is 1. The van der Waals surface area contributed by atoms with E-state index >= 15 is 0 Å². The molecule has 1 N–H and O–H groups in total. The molecule has 0 aliphatic heterocycles. The van der Waals surface area contributed by atoms with E-state index in [4.69, 9.17) is 9.15 Å². The van der Waals surface area contributed by atoms with Gasteiger partial charge in [0, 0.05) is 19.0 Å². The highest BCUT2D eigenvalue weighted by Gasteiger charge is 2.19. The van der Waals surface area contributed by atoms with Crippen LogP contribution >= 0.6 is 11.8 Å². The zero-order valence-electron chi connectivity index (χ0n) is 12.9. The number of thioether (sulfide) groups is 1. The first-order chi connectivity index (χ1) is 11.2. The summed E-state index contributed by atoms with van der Waals surface area (Å²) < 4.78 is 10.8. The lowest BCUT2D eigenvalue weighted by atomic mass is 10.2. The predicted molar refractivity (Wildman–Crippen MR) is 89.5 cm³/mol. The van der Waals surface area contributed by atoms with E-state index in [1.807, 2.05) is 31.2 Å². The molecular formula is C16H17N3O3S. The standard InChI is InChI=1S/C16H17N3O3S/c1-10(15(20)17-7-8-21-2)23-16-14-13(18-9-19-16)11-5-3-4-6-12(11)22-14/h3-6,9-10H,7-8H2,1-2H3,(H,17,20)/t10-/m1/s1. The van der Waals surface area contributed by atoms with Crippen LogP contribution in [0.1, 0.15) is 6.92 Å². The Morgan fingerprint density at radius 3 is 3.04 bits per heavy atom. The number of hydrogen-bond donors (Lipinski definition) is 1. The first-order valence-corrected chi connectivity index (χ1v) is 8.14. The van der Waals surface area contributed by atoms with Crippen LogP contribution in [0.2, 0.25) is 0 Å². The number of fused-ring (bicyclic) bond motifs is 3. The van der Waals surface area contributed by atoms with Crippen LogP contribution in [0.4, 0.5) is 0 Å². The van der Waals surface area contributed by atoms with Gasteiger partial charge in [-0.25, -0.2) is 9.97 Å². The molecule has 0 saturated heterocycles. The maximum Gasteiger partial charge on any atom is 0.233 e. The van der Waals surface area contributed by atoms with Crippen LogP contribution in [0.25, 0.3) is 22.1 Å². The minimum absolute atomic E-state index is 0.0603. The molecule has 0 saturated carbocycles. The Kier molecular flexibility index (Phi) is 4.78. The number of methoxy groups -OCH3 is 1. The van der Waals surface area contributed by atoms with Crippen molar-refractivity contribution in [3.63, 3.8) is 0 Å². The lowest BCUT2D eigenvalue weighted by Crippen LogP contribution is -2.33. The molecule has 3 rings (SSSR count). The number of hydrogen-bond acceptors (Lipinski definition) is 6. The smallest absolute Gasteiger partial charge is 0.233 e. The molecule has 23 heavy (non-hydrogen) atoms. The predicted octanol–water partition coefficient (Wildman–Crippen LogP) is 2.62. The highest BCUT2D eigenvalue weighted by atomic mass is 32.2. The Labute approximate surface area is 137 Å². The molecule has 0 aliphatic carbocycles. The molecule has 1 aromatic carbocycles. The van der Waals surface area contributed by atoms with E-state index in [1.165, 1.54) is 18.1 Å². The van der Waals surface area contributed by atoms with Gasteiger partial charge in [-0.15, -0.1) is 0 Å². The first kappa shape index (κ1) is 15.8. The second-order valence-corrected chi connectivity index (χ2v) is 6.33. The molecular weight excluding hydrogens is 314 g/mol. The molecule has 2 heterocycles. The minimum atomic E-state index is -0.293. The van der Waals surface area contributed by atoms with Crippen molar-refractivity contribution in [1.82, 2.24) is 15.3 Å². The number of aromatic nitrogens is 2. The largest absolute Gasteiger partial charge is 0.451 e. The molecule has 6 nitrogen and oxygen atoms in total. The number of ether oxygens (including phenoxy) is 1. The van der Waals surface area contributed by atoms with E-state index in [9.17, 15) is 4.79 Å². The summed E-state index contributed by atoms with van der Waals surface area (Å²) in [6.45, 7) is 2.82. The Balaban J connectivity index is 1.84. The van der Waals surface area contributed by atoms with Crippen molar-refractivity contribution in [3.8, 4) is 0 Å². The lowest BCUT2D eigenvalue weighted by molar-refractivity contribution is -0.120. The summed E-state index contributed by atoms with van der Waals surface area (Å²) in [7, 11) is 1.60. The number of rotatable bonds is 6. The fourth-order valence-electron chi connectivity index (χ4n) is 2.23. The Morgan fingerprint density at radius 1 is 1.39 bits per heavy atom. The second kappa shape index (κ2) is 6.97. The van der Waals surface area contributed by atoms with Gasteiger partial charge in [0.2, 0.25) is 5.91 Å². The molecule has 3 aromatic rings. The second-order valence-electron chi connectivity index (χ2n) is 5.00. The molecule has 120 valence electrons. The van der Waals surface area contributed by atoms with Crippen molar-refractivity contribution in [1.29, 1.82) is 0 Å². The fourth-order valence-corrected chi connectivity index (χ4v) is 3.11. The summed E-state index contributed by atoms with van der Waals surface area (Å²) in [5, 5.41) is 4.14. The zero-order valence-corrected chi connectivity index (χ0v) is 13.7. The summed E-state index contributed by atoms with van der Waals surface area (Å²) in [4.78, 5) is 20.7. The molecule has 1 amide bonds. The number of nitrogens with zero attached hydrogens (tertiary/aromatic N) is 2. The highest BCUT2D eigenvalue weighted by Crippen LogP contribution is 2.33. The van der Waals surface area contributed by atoms with E-state index in [2.05, 4.69) is 15.3 Å². The van der Waals surface area contributed by atoms with Crippen LogP contribution in [0.5, 0.6) is 0 Å². The molecule has 1 atom stereocenters. The van der Waals surface area contributed by atoms with Crippen LogP contribution in [0.3, 0.4) is 0 Å². The van der Waals surface area contributed by atoms with Gasteiger partial charge in [0.15, 0.2) is 5.58 Å². The highest BCUT2D eigenvalue weighted by molar-refractivity contribution is 8.00. The third kappa shape index (κ3) is 3.30. The quantitative estimate of drug-likeness (QED) is 0.425. The van der Waals surface area contributed by atoms with E-state index in [1.54, 1.807) is 7.11 Å². The maximum absolute atomic E-state index is 12.1. The van der Waals surface area contributed by atoms with Crippen LogP contribution in [0.15, 0.2) is 40.0 Å². The molecule has 0 unspecified atom stereocenters. The van der Waals surface area contributed by atoms with Crippen LogP contribution in [-0.4, -0.2) is 41.4 Å². The molecule has 0 aliphatic rings. The van der Waals surface area contributed by atoms with Gasteiger partial charge < -0.3 is 14.5 Å². The SMILES string of the molecule is COCCNC(=O)[C@@H](C)Sc1ncnc2c1oc1ccccc12. The fraction of sp³-hybridized carbons (Fsp3) is 0.312. The third-order valence-corrected chi connectivity index (χ3v) is 4.47. The summed E-state index contributed by atoms with van der Waals surface area (Å²) in [6.07, 6.45) is 1.50. The van der Waals surface area contributed by atoms with Crippen molar-refractivity contribution < 1.29 is 13.9 Å².